The van der Waals surface area contributed by atoms with Gasteiger partial charge in [0.2, 0.25) is 5.78 Å². The highest BCUT2D eigenvalue weighted by molar-refractivity contribution is 5.98. The van der Waals surface area contributed by atoms with Crippen molar-refractivity contribution in [1.82, 2.24) is 0 Å². The number of fused-ring (bicyclic) bond motifs is 3. The fourth-order valence-electron chi connectivity index (χ4n) is 6.62. The first-order chi connectivity index (χ1) is 19.8. The van der Waals surface area contributed by atoms with Gasteiger partial charge in [-0.15, -0.1) is 0 Å². The van der Waals surface area contributed by atoms with Gasteiger partial charge >= 0.3 is 0 Å². The summed E-state index contributed by atoms with van der Waals surface area (Å²) < 4.78 is 28.9. The molecule has 0 radical (unpaired) electrons. The van der Waals surface area contributed by atoms with Gasteiger partial charge in [-0.2, -0.15) is 0 Å². The third kappa shape index (κ3) is 3.63. The Labute approximate surface area is 236 Å². The lowest BCUT2D eigenvalue weighted by molar-refractivity contribution is -0.151. The number of hydrogen-bond acceptors (Lipinski definition) is 9. The molecule has 5 unspecified atom stereocenters. The second kappa shape index (κ2) is 9.95. The summed E-state index contributed by atoms with van der Waals surface area (Å²) in [5.41, 5.74) is -2.27. The van der Waals surface area contributed by atoms with Gasteiger partial charge in [0.05, 0.1) is 45.7 Å². The van der Waals surface area contributed by atoms with Crippen LogP contribution in [0.3, 0.4) is 0 Å². The fraction of sp³-hybridized carbons (Fsp3) is 0.281. The van der Waals surface area contributed by atoms with Crippen LogP contribution in [-0.2, 0) is 17.8 Å². The maximum atomic E-state index is 14.3. The highest BCUT2D eigenvalue weighted by Gasteiger charge is 2.78. The zero-order valence-electron chi connectivity index (χ0n) is 22.7. The van der Waals surface area contributed by atoms with Crippen molar-refractivity contribution in [2.75, 3.05) is 21.3 Å². The molecule has 1 aromatic heterocycles. The van der Waals surface area contributed by atoms with Gasteiger partial charge in [-0.05, 0) is 29.3 Å². The Morgan fingerprint density at radius 2 is 1.63 bits per heavy atom. The zero-order valence-corrected chi connectivity index (χ0v) is 22.7. The Bertz CT molecular complexity index is 1580. The molecule has 1 saturated carbocycles. The average Bonchev–Trinajstić information content (AvgIpc) is 3.65. The number of ketones is 1. The monoisotopic (exact) mass is 558 g/mol. The van der Waals surface area contributed by atoms with Crippen LogP contribution in [-0.4, -0.2) is 48.5 Å². The predicted octanol–water partition coefficient (Wildman–Crippen LogP) is 3.93. The molecule has 0 saturated heterocycles. The van der Waals surface area contributed by atoms with E-state index in [0.29, 0.717) is 22.6 Å². The first-order valence-electron chi connectivity index (χ1n) is 13.1. The minimum Gasteiger partial charge on any atom is -0.497 e. The summed E-state index contributed by atoms with van der Waals surface area (Å²) in [6.45, 7) is -0.433. The maximum absolute atomic E-state index is 14.3. The van der Waals surface area contributed by atoms with E-state index in [0.717, 1.165) is 0 Å². The number of rotatable bonds is 8. The molecule has 0 amide bonds. The molecule has 1 fully saturated rings. The van der Waals surface area contributed by atoms with Gasteiger partial charge in [-0.25, -0.2) is 0 Å². The largest absolute Gasteiger partial charge is 0.497 e. The molecule has 3 aromatic carbocycles. The van der Waals surface area contributed by atoms with E-state index in [-0.39, 0.29) is 28.4 Å². The van der Waals surface area contributed by atoms with Crippen LogP contribution in [0.2, 0.25) is 0 Å². The molecule has 2 heterocycles. The number of aliphatic hydroxyl groups is 3. The molecule has 1 aliphatic carbocycles. The lowest BCUT2D eigenvalue weighted by atomic mass is 9.70. The van der Waals surface area contributed by atoms with E-state index in [4.69, 9.17) is 23.4 Å². The van der Waals surface area contributed by atoms with Gasteiger partial charge < -0.3 is 38.7 Å². The number of hydrogen-bond donors (Lipinski definition) is 3. The number of methoxy groups -OCH3 is 3. The summed E-state index contributed by atoms with van der Waals surface area (Å²) in [5.74, 6) is -1.36. The van der Waals surface area contributed by atoms with Gasteiger partial charge in [0.15, 0.2) is 17.0 Å². The summed E-state index contributed by atoms with van der Waals surface area (Å²) in [6.07, 6.45) is -0.379. The van der Waals surface area contributed by atoms with Gasteiger partial charge in [-0.1, -0.05) is 42.5 Å². The fourth-order valence-corrected chi connectivity index (χ4v) is 6.62. The molecule has 4 aromatic rings. The first kappa shape index (κ1) is 26.9. The molecule has 0 spiro atoms. The molecule has 5 atom stereocenters. The summed E-state index contributed by atoms with van der Waals surface area (Å²) in [6, 6.07) is 20.8. The maximum Gasteiger partial charge on any atom is 0.204 e. The Hall–Kier alpha value is -4.31. The molecule has 6 rings (SSSR count). The van der Waals surface area contributed by atoms with Crippen LogP contribution in [0, 0.1) is 5.92 Å². The van der Waals surface area contributed by atoms with E-state index in [1.165, 1.54) is 26.5 Å². The van der Waals surface area contributed by atoms with E-state index in [1.54, 1.807) is 43.5 Å². The number of benzene rings is 3. The molecule has 212 valence electrons. The third-order valence-corrected chi connectivity index (χ3v) is 8.40. The van der Waals surface area contributed by atoms with E-state index in [9.17, 15) is 20.1 Å². The normalized spacial score (nSPS) is 26.1. The Morgan fingerprint density at radius 3 is 2.27 bits per heavy atom. The predicted molar refractivity (Wildman–Crippen MR) is 146 cm³/mol. The van der Waals surface area contributed by atoms with Crippen molar-refractivity contribution in [3.63, 3.8) is 0 Å². The molecule has 9 heteroatoms. The van der Waals surface area contributed by atoms with Crippen LogP contribution in [0.25, 0.3) is 0 Å². The van der Waals surface area contributed by atoms with E-state index >= 15 is 0 Å². The molecule has 2 aliphatic rings. The van der Waals surface area contributed by atoms with E-state index < -0.39 is 41.5 Å². The van der Waals surface area contributed by atoms with Crippen LogP contribution < -0.4 is 18.9 Å². The van der Waals surface area contributed by atoms with Gasteiger partial charge in [0.1, 0.15) is 29.1 Å². The van der Waals surface area contributed by atoms with E-state index in [2.05, 4.69) is 0 Å². The molecular weight excluding hydrogens is 528 g/mol. The van der Waals surface area contributed by atoms with Crippen molar-refractivity contribution >= 4 is 5.78 Å². The second-order valence-corrected chi connectivity index (χ2v) is 10.2. The Balaban J connectivity index is 1.69. The smallest absolute Gasteiger partial charge is 0.204 e. The van der Waals surface area contributed by atoms with Crippen molar-refractivity contribution in [3.8, 4) is 23.0 Å². The molecule has 1 aliphatic heterocycles. The Kier molecular flexibility index (Phi) is 6.53. The number of carbonyl (C=O) groups is 1. The van der Waals surface area contributed by atoms with Crippen molar-refractivity contribution < 1.29 is 43.5 Å². The van der Waals surface area contributed by atoms with Crippen molar-refractivity contribution in [1.29, 1.82) is 0 Å². The summed E-state index contributed by atoms with van der Waals surface area (Å²) >= 11 is 0. The number of Topliss-reactive ketones (excluding diaryl/α,β-unsaturated/α-hetero) is 1. The van der Waals surface area contributed by atoms with Crippen LogP contribution in [0.15, 0.2) is 83.5 Å². The summed E-state index contributed by atoms with van der Waals surface area (Å²) in [7, 11) is 4.50. The Morgan fingerprint density at radius 1 is 0.927 bits per heavy atom. The third-order valence-electron chi connectivity index (χ3n) is 8.40. The molecule has 9 nitrogen and oxygen atoms in total. The zero-order chi connectivity index (χ0) is 28.9. The van der Waals surface area contributed by atoms with Gasteiger partial charge in [0, 0.05) is 23.6 Å². The molecule has 41 heavy (non-hydrogen) atoms. The SMILES string of the molecule is COc1ccc(C23Oc4cc(OC)cc(OC)c4C2(O)C(O)C(C(=O)c2occc2CO)C3c2ccccc2)cc1. The van der Waals surface area contributed by atoms with Gasteiger partial charge in [-0.3, -0.25) is 4.79 Å². The highest BCUT2D eigenvalue weighted by Crippen LogP contribution is 2.70. The number of ether oxygens (including phenoxy) is 4. The minimum absolute atomic E-state index is 0.0899. The van der Waals surface area contributed by atoms with Crippen LogP contribution in [0.5, 0.6) is 23.0 Å². The average molecular weight is 559 g/mol. The molecular formula is C32H30O9. The highest BCUT2D eigenvalue weighted by atomic mass is 16.5. The van der Waals surface area contributed by atoms with Crippen LogP contribution in [0.1, 0.15) is 38.7 Å². The number of carbonyl (C=O) groups excluding carboxylic acids is 1. The van der Waals surface area contributed by atoms with E-state index in [1.807, 2.05) is 30.3 Å². The lowest BCUT2D eigenvalue weighted by Gasteiger charge is -2.40. The van der Waals surface area contributed by atoms with Crippen molar-refractivity contribution in [2.24, 2.45) is 5.92 Å². The minimum atomic E-state index is -2.18. The van der Waals surface area contributed by atoms with Gasteiger partial charge in [0.25, 0.3) is 0 Å². The summed E-state index contributed by atoms with van der Waals surface area (Å²) in [4.78, 5) is 14.3. The first-order valence-corrected chi connectivity index (χ1v) is 13.1. The van der Waals surface area contributed by atoms with Crippen LogP contribution >= 0.6 is 0 Å². The van der Waals surface area contributed by atoms with Crippen molar-refractivity contribution in [3.05, 3.63) is 107 Å². The second-order valence-electron chi connectivity index (χ2n) is 10.2. The molecule has 0 bridgehead atoms. The summed E-state index contributed by atoms with van der Waals surface area (Å²) in [5, 5.41) is 35.1. The van der Waals surface area contributed by atoms with Crippen molar-refractivity contribution in [2.45, 2.75) is 29.8 Å². The standard InChI is InChI=1S/C32H30O9/c1-37-21-11-9-20(10-12-21)32-26(18-7-5-4-6-8-18)25(28(34)29-19(17-33)13-14-40-29)30(35)31(32,36)27-23(39-3)15-22(38-2)16-24(27)41-32/h4-16,25-26,30,33,35-36H,17H2,1-3H3. The van der Waals surface area contributed by atoms with Crippen LogP contribution in [0.4, 0.5) is 0 Å². The lowest BCUT2D eigenvalue weighted by Crippen LogP contribution is -2.52. The number of aliphatic hydroxyl groups excluding tert-OH is 2. The quantitative estimate of drug-likeness (QED) is 0.276. The topological polar surface area (TPSA) is 128 Å². The number of furan rings is 1. The molecule has 3 N–H and O–H groups in total.